The first-order chi connectivity index (χ1) is 5.11. The second-order valence-corrected chi connectivity index (χ2v) is 2.82. The van der Waals surface area contributed by atoms with Crippen LogP contribution >= 0.6 is 0 Å². The highest BCUT2D eigenvalue weighted by atomic mass is 16.3. The van der Waals surface area contributed by atoms with Gasteiger partial charge >= 0.3 is 0 Å². The predicted molar refractivity (Wildman–Crippen MR) is 45.3 cm³/mol. The van der Waals surface area contributed by atoms with Gasteiger partial charge in [0.15, 0.2) is 0 Å². The van der Waals surface area contributed by atoms with Gasteiger partial charge < -0.3 is 5.11 Å². The van der Waals surface area contributed by atoms with Gasteiger partial charge in [-0.15, -0.1) is 0 Å². The van der Waals surface area contributed by atoms with Gasteiger partial charge in [0.2, 0.25) is 0 Å². The van der Waals surface area contributed by atoms with Crippen molar-refractivity contribution in [2.75, 3.05) is 6.61 Å². The zero-order valence-corrected chi connectivity index (χ0v) is 7.42. The Labute approximate surface area is 67.9 Å². The number of aliphatic hydroxyl groups excluding tert-OH is 1. The average molecular weight is 156 g/mol. The number of ketones is 1. The monoisotopic (exact) mass is 156 g/mol. The molecule has 0 saturated heterocycles. The molecule has 0 aliphatic carbocycles. The molecule has 0 aromatic heterocycles. The van der Waals surface area contributed by atoms with Crippen LogP contribution in [0.1, 0.15) is 27.2 Å². The molecule has 0 saturated carbocycles. The van der Waals surface area contributed by atoms with Crippen molar-refractivity contribution in [2.45, 2.75) is 27.2 Å². The van der Waals surface area contributed by atoms with Crippen LogP contribution in [0.2, 0.25) is 0 Å². The van der Waals surface area contributed by atoms with Gasteiger partial charge in [-0.3, -0.25) is 4.79 Å². The Kier molecular flexibility index (Phi) is 4.79. The highest BCUT2D eigenvalue weighted by Gasteiger charge is 2.08. The molecule has 11 heavy (non-hydrogen) atoms. The second kappa shape index (κ2) is 5.08. The molecule has 2 nitrogen and oxygen atoms in total. The summed E-state index contributed by atoms with van der Waals surface area (Å²) in [7, 11) is 0. The minimum Gasteiger partial charge on any atom is -0.392 e. The zero-order valence-electron chi connectivity index (χ0n) is 7.42. The van der Waals surface area contributed by atoms with E-state index >= 15 is 0 Å². The summed E-state index contributed by atoms with van der Waals surface area (Å²) in [6, 6.07) is 0. The number of carbonyl (C=O) groups excluding carboxylic acids is 1. The van der Waals surface area contributed by atoms with E-state index in [1.807, 2.05) is 19.9 Å². The minimum atomic E-state index is 0.0355. The summed E-state index contributed by atoms with van der Waals surface area (Å²) >= 11 is 0. The van der Waals surface area contributed by atoms with Crippen LogP contribution in [0.3, 0.4) is 0 Å². The summed E-state index contributed by atoms with van der Waals surface area (Å²) in [5.41, 5.74) is 0.938. The summed E-state index contributed by atoms with van der Waals surface area (Å²) in [5, 5.41) is 8.78. The smallest absolute Gasteiger partial charge is 0.132 e. The Balaban J connectivity index is 3.92. The highest BCUT2D eigenvalue weighted by Crippen LogP contribution is 2.11. The maximum atomic E-state index is 10.8. The van der Waals surface area contributed by atoms with Crippen LogP contribution in [0, 0.1) is 5.92 Å². The van der Waals surface area contributed by atoms with Crippen molar-refractivity contribution in [2.24, 2.45) is 5.92 Å². The standard InChI is InChI=1S/C9H16O2/c1-4-9(6-10)5-7(2)8(3)11/h4,7,10H,5-6H2,1-3H3/b9-4-. The first-order valence-electron chi connectivity index (χ1n) is 3.87. The van der Waals surface area contributed by atoms with Gasteiger partial charge in [0.1, 0.15) is 5.78 Å². The van der Waals surface area contributed by atoms with E-state index in [4.69, 9.17) is 5.11 Å². The van der Waals surface area contributed by atoms with E-state index in [0.29, 0.717) is 6.42 Å². The third-order valence-corrected chi connectivity index (χ3v) is 1.87. The van der Waals surface area contributed by atoms with Crippen LogP contribution in [0.4, 0.5) is 0 Å². The quantitative estimate of drug-likeness (QED) is 0.627. The molecule has 0 bridgehead atoms. The molecule has 0 rings (SSSR count). The zero-order chi connectivity index (χ0) is 8.85. The average Bonchev–Trinajstić information content (AvgIpc) is 1.99. The number of aliphatic hydroxyl groups is 1. The minimum absolute atomic E-state index is 0.0355. The van der Waals surface area contributed by atoms with E-state index in [0.717, 1.165) is 5.57 Å². The Morgan fingerprint density at radius 2 is 2.18 bits per heavy atom. The normalized spacial score (nSPS) is 14.7. The van der Waals surface area contributed by atoms with Gasteiger partial charge in [0.25, 0.3) is 0 Å². The molecule has 0 spiro atoms. The number of carbonyl (C=O) groups is 1. The molecule has 1 unspecified atom stereocenters. The second-order valence-electron chi connectivity index (χ2n) is 2.82. The van der Waals surface area contributed by atoms with E-state index in [2.05, 4.69) is 0 Å². The molecule has 0 amide bonds. The van der Waals surface area contributed by atoms with E-state index in [1.165, 1.54) is 0 Å². The molecule has 0 heterocycles. The summed E-state index contributed by atoms with van der Waals surface area (Å²) in [4.78, 5) is 10.8. The van der Waals surface area contributed by atoms with Crippen LogP contribution in [-0.2, 0) is 4.79 Å². The van der Waals surface area contributed by atoms with Crippen molar-refractivity contribution in [3.63, 3.8) is 0 Å². The van der Waals surface area contributed by atoms with Crippen molar-refractivity contribution in [3.8, 4) is 0 Å². The van der Waals surface area contributed by atoms with Crippen LogP contribution < -0.4 is 0 Å². The molecule has 0 aromatic rings. The summed E-state index contributed by atoms with van der Waals surface area (Å²) in [6.07, 6.45) is 2.54. The SMILES string of the molecule is C/C=C(\CO)CC(C)C(C)=O. The lowest BCUT2D eigenvalue weighted by Crippen LogP contribution is -2.08. The maximum absolute atomic E-state index is 10.8. The molecular formula is C9H16O2. The fourth-order valence-electron chi connectivity index (χ4n) is 0.811. The van der Waals surface area contributed by atoms with Gasteiger partial charge in [0.05, 0.1) is 6.61 Å². The Bertz CT molecular complexity index is 159. The van der Waals surface area contributed by atoms with Gasteiger partial charge in [-0.05, 0) is 25.8 Å². The Hall–Kier alpha value is -0.630. The lowest BCUT2D eigenvalue weighted by molar-refractivity contribution is -0.120. The van der Waals surface area contributed by atoms with Gasteiger partial charge in [-0.2, -0.15) is 0 Å². The molecule has 64 valence electrons. The molecule has 1 atom stereocenters. The van der Waals surface area contributed by atoms with Crippen LogP contribution in [0.5, 0.6) is 0 Å². The third-order valence-electron chi connectivity index (χ3n) is 1.87. The Morgan fingerprint density at radius 3 is 2.45 bits per heavy atom. The van der Waals surface area contributed by atoms with Crippen molar-refractivity contribution < 1.29 is 9.90 Å². The fraction of sp³-hybridized carbons (Fsp3) is 0.667. The summed E-state index contributed by atoms with van der Waals surface area (Å²) in [5.74, 6) is 0.214. The molecule has 0 fully saturated rings. The predicted octanol–water partition coefficient (Wildman–Crippen LogP) is 1.54. The van der Waals surface area contributed by atoms with Crippen LogP contribution in [-0.4, -0.2) is 17.5 Å². The van der Waals surface area contributed by atoms with Crippen LogP contribution in [0.15, 0.2) is 11.6 Å². The third kappa shape index (κ3) is 3.94. The molecule has 0 radical (unpaired) electrons. The first-order valence-corrected chi connectivity index (χ1v) is 3.87. The van der Waals surface area contributed by atoms with Crippen LogP contribution in [0.25, 0.3) is 0 Å². The molecular weight excluding hydrogens is 140 g/mol. The molecule has 0 aromatic carbocycles. The van der Waals surface area contributed by atoms with Gasteiger partial charge in [-0.25, -0.2) is 0 Å². The molecule has 0 aliphatic rings. The van der Waals surface area contributed by atoms with Gasteiger partial charge in [-0.1, -0.05) is 13.0 Å². The van der Waals surface area contributed by atoms with Gasteiger partial charge in [0, 0.05) is 5.92 Å². The number of hydrogen-bond acceptors (Lipinski definition) is 2. The van der Waals surface area contributed by atoms with E-state index < -0.39 is 0 Å². The number of rotatable bonds is 4. The summed E-state index contributed by atoms with van der Waals surface area (Å²) < 4.78 is 0. The molecule has 0 aliphatic heterocycles. The number of allylic oxidation sites excluding steroid dienone is 1. The number of hydrogen-bond donors (Lipinski definition) is 1. The highest BCUT2D eigenvalue weighted by molar-refractivity contribution is 5.78. The van der Waals surface area contributed by atoms with Crippen molar-refractivity contribution in [3.05, 3.63) is 11.6 Å². The first kappa shape index (κ1) is 10.4. The van der Waals surface area contributed by atoms with E-state index in [9.17, 15) is 4.79 Å². The summed E-state index contributed by atoms with van der Waals surface area (Å²) in [6.45, 7) is 5.39. The fourth-order valence-corrected chi connectivity index (χ4v) is 0.811. The van der Waals surface area contributed by atoms with Crippen molar-refractivity contribution in [1.29, 1.82) is 0 Å². The van der Waals surface area contributed by atoms with E-state index in [-0.39, 0.29) is 18.3 Å². The van der Waals surface area contributed by atoms with Crippen molar-refractivity contribution in [1.82, 2.24) is 0 Å². The molecule has 1 N–H and O–H groups in total. The largest absolute Gasteiger partial charge is 0.392 e. The maximum Gasteiger partial charge on any atom is 0.132 e. The lowest BCUT2D eigenvalue weighted by Gasteiger charge is -2.08. The Morgan fingerprint density at radius 1 is 1.64 bits per heavy atom. The van der Waals surface area contributed by atoms with Crippen molar-refractivity contribution >= 4 is 5.78 Å². The van der Waals surface area contributed by atoms with E-state index in [1.54, 1.807) is 6.92 Å². The molecule has 2 heteroatoms. The lowest BCUT2D eigenvalue weighted by atomic mass is 9.98. The topological polar surface area (TPSA) is 37.3 Å². The number of Topliss-reactive ketones (excluding diaryl/α,β-unsaturated/α-hetero) is 1.